The highest BCUT2D eigenvalue weighted by Gasteiger charge is 2.31. The van der Waals surface area contributed by atoms with Gasteiger partial charge < -0.3 is 0 Å². The van der Waals surface area contributed by atoms with Crippen molar-refractivity contribution >= 4 is 0 Å². The number of hydrogen-bond acceptors (Lipinski definition) is 0. The lowest BCUT2D eigenvalue weighted by Gasteiger charge is -2.33. The fourth-order valence-electron chi connectivity index (χ4n) is 3.95. The van der Waals surface area contributed by atoms with E-state index in [9.17, 15) is 0 Å². The summed E-state index contributed by atoms with van der Waals surface area (Å²) < 4.78 is 0. The van der Waals surface area contributed by atoms with E-state index >= 15 is 0 Å². The minimum Gasteiger partial charge on any atom is -0.0622 e. The lowest BCUT2D eigenvalue weighted by molar-refractivity contribution is 0.239. The largest absolute Gasteiger partial charge is 0.0622 e. The molecule has 21 heavy (non-hydrogen) atoms. The summed E-state index contributed by atoms with van der Waals surface area (Å²) >= 11 is 0. The molecule has 1 aliphatic rings. The zero-order chi connectivity index (χ0) is 14.4. The van der Waals surface area contributed by atoms with Crippen molar-refractivity contribution in [3.8, 4) is 0 Å². The van der Waals surface area contributed by atoms with E-state index < -0.39 is 0 Å². The highest BCUT2D eigenvalue weighted by molar-refractivity contribution is 5.21. The summed E-state index contributed by atoms with van der Waals surface area (Å²) in [6.07, 6.45) is 10.9. The quantitative estimate of drug-likeness (QED) is 0.619. The second kappa shape index (κ2) is 6.93. The van der Waals surface area contributed by atoms with Crippen LogP contribution in [0.25, 0.3) is 0 Å². The lowest BCUT2D eigenvalue weighted by Crippen LogP contribution is -2.26. The highest BCUT2D eigenvalue weighted by Crippen LogP contribution is 2.41. The maximum absolute atomic E-state index is 2.30. The van der Waals surface area contributed by atoms with Crippen LogP contribution in [0.3, 0.4) is 0 Å². The molecule has 0 atom stereocenters. The predicted octanol–water partition coefficient (Wildman–Crippen LogP) is 5.81. The van der Waals surface area contributed by atoms with Gasteiger partial charge in [0, 0.05) is 0 Å². The standard InChI is InChI=1S/C21H26/c1-2-10-16-21(15-9-1,17-19-11-5-3-6-12-19)18-20-13-7-4-8-14-20/h3-8,11-14H,1-2,9-10,15-18H2. The van der Waals surface area contributed by atoms with Gasteiger partial charge in [0.1, 0.15) is 0 Å². The van der Waals surface area contributed by atoms with Crippen molar-refractivity contribution in [3.05, 3.63) is 71.8 Å². The third-order valence-electron chi connectivity index (χ3n) is 5.01. The van der Waals surface area contributed by atoms with Crippen molar-refractivity contribution in [2.45, 2.75) is 51.4 Å². The third kappa shape index (κ3) is 3.97. The van der Waals surface area contributed by atoms with E-state index in [1.165, 1.54) is 62.5 Å². The predicted molar refractivity (Wildman–Crippen MR) is 90.4 cm³/mol. The van der Waals surface area contributed by atoms with Crippen molar-refractivity contribution in [2.24, 2.45) is 5.41 Å². The topological polar surface area (TPSA) is 0 Å². The molecule has 1 fully saturated rings. The molecule has 0 heteroatoms. The first-order valence-corrected chi connectivity index (χ1v) is 8.44. The maximum Gasteiger partial charge on any atom is -0.0217 e. The van der Waals surface area contributed by atoms with Crippen LogP contribution in [-0.4, -0.2) is 0 Å². The first-order chi connectivity index (χ1) is 10.4. The Morgan fingerprint density at radius 3 is 1.43 bits per heavy atom. The van der Waals surface area contributed by atoms with E-state index in [0.717, 1.165) is 0 Å². The summed E-state index contributed by atoms with van der Waals surface area (Å²) in [7, 11) is 0. The van der Waals surface area contributed by atoms with Crippen LogP contribution in [0.15, 0.2) is 60.7 Å². The smallest absolute Gasteiger partial charge is 0.0217 e. The zero-order valence-corrected chi connectivity index (χ0v) is 12.9. The number of hydrogen-bond donors (Lipinski definition) is 0. The minimum absolute atomic E-state index is 0.471. The summed E-state index contributed by atoms with van der Waals surface area (Å²) in [5, 5.41) is 0. The van der Waals surface area contributed by atoms with Gasteiger partial charge in [-0.15, -0.1) is 0 Å². The Hall–Kier alpha value is -1.56. The first kappa shape index (κ1) is 14.4. The SMILES string of the molecule is c1ccc(CC2(Cc3ccccc3)CCCCCC2)cc1. The molecule has 0 nitrogen and oxygen atoms in total. The third-order valence-corrected chi connectivity index (χ3v) is 5.01. The van der Waals surface area contributed by atoms with Gasteiger partial charge in [-0.1, -0.05) is 86.3 Å². The Labute approximate surface area is 129 Å². The molecule has 2 aromatic rings. The molecule has 2 aromatic carbocycles. The fourth-order valence-corrected chi connectivity index (χ4v) is 3.95. The van der Waals surface area contributed by atoms with Crippen molar-refractivity contribution < 1.29 is 0 Å². The van der Waals surface area contributed by atoms with Gasteiger partial charge >= 0.3 is 0 Å². The molecule has 3 rings (SSSR count). The monoisotopic (exact) mass is 278 g/mol. The van der Waals surface area contributed by atoms with Gasteiger partial charge in [0.05, 0.1) is 0 Å². The van der Waals surface area contributed by atoms with Gasteiger partial charge in [0.25, 0.3) is 0 Å². The van der Waals surface area contributed by atoms with E-state index in [4.69, 9.17) is 0 Å². The Kier molecular flexibility index (Phi) is 4.75. The normalized spacial score (nSPS) is 18.1. The average Bonchev–Trinajstić information content (AvgIpc) is 2.75. The van der Waals surface area contributed by atoms with Crippen molar-refractivity contribution in [2.75, 3.05) is 0 Å². The van der Waals surface area contributed by atoms with Crippen LogP contribution in [0, 0.1) is 5.41 Å². The van der Waals surface area contributed by atoms with Gasteiger partial charge in [-0.2, -0.15) is 0 Å². The molecule has 0 amide bonds. The van der Waals surface area contributed by atoms with Gasteiger partial charge in [-0.25, -0.2) is 0 Å². The number of rotatable bonds is 4. The molecule has 1 aliphatic carbocycles. The Balaban J connectivity index is 1.83. The molecular formula is C21H26. The van der Waals surface area contributed by atoms with E-state index in [1.807, 2.05) is 0 Å². The van der Waals surface area contributed by atoms with Gasteiger partial charge in [0.2, 0.25) is 0 Å². The molecule has 0 unspecified atom stereocenters. The summed E-state index contributed by atoms with van der Waals surface area (Å²) in [5.74, 6) is 0. The maximum atomic E-state index is 2.30. The van der Waals surface area contributed by atoms with Gasteiger partial charge in [0.15, 0.2) is 0 Å². The van der Waals surface area contributed by atoms with Gasteiger partial charge in [-0.05, 0) is 42.2 Å². The second-order valence-electron chi connectivity index (χ2n) is 6.74. The van der Waals surface area contributed by atoms with E-state index in [1.54, 1.807) is 0 Å². The molecular weight excluding hydrogens is 252 g/mol. The molecule has 0 saturated heterocycles. The molecule has 0 bridgehead atoms. The second-order valence-corrected chi connectivity index (χ2v) is 6.74. The van der Waals surface area contributed by atoms with E-state index in [-0.39, 0.29) is 0 Å². The van der Waals surface area contributed by atoms with Crippen LogP contribution in [0.4, 0.5) is 0 Å². The van der Waals surface area contributed by atoms with Gasteiger partial charge in [-0.3, -0.25) is 0 Å². The van der Waals surface area contributed by atoms with E-state index in [2.05, 4.69) is 60.7 Å². The van der Waals surface area contributed by atoms with Crippen molar-refractivity contribution in [1.29, 1.82) is 0 Å². The molecule has 0 heterocycles. The number of benzene rings is 2. The molecule has 0 radical (unpaired) electrons. The van der Waals surface area contributed by atoms with Crippen LogP contribution in [0.2, 0.25) is 0 Å². The lowest BCUT2D eigenvalue weighted by atomic mass is 9.71. The molecule has 110 valence electrons. The Morgan fingerprint density at radius 2 is 1.00 bits per heavy atom. The average molecular weight is 278 g/mol. The van der Waals surface area contributed by atoms with Crippen LogP contribution in [-0.2, 0) is 12.8 Å². The minimum atomic E-state index is 0.471. The molecule has 0 N–H and O–H groups in total. The zero-order valence-electron chi connectivity index (χ0n) is 12.9. The van der Waals surface area contributed by atoms with E-state index in [0.29, 0.717) is 5.41 Å². The van der Waals surface area contributed by atoms with Crippen LogP contribution < -0.4 is 0 Å². The Morgan fingerprint density at radius 1 is 0.571 bits per heavy atom. The Bertz CT molecular complexity index is 475. The van der Waals surface area contributed by atoms with Crippen LogP contribution in [0.5, 0.6) is 0 Å². The molecule has 0 aromatic heterocycles. The van der Waals surface area contributed by atoms with Crippen molar-refractivity contribution in [3.63, 3.8) is 0 Å². The fraction of sp³-hybridized carbons (Fsp3) is 0.429. The molecule has 1 saturated carbocycles. The summed E-state index contributed by atoms with van der Waals surface area (Å²) in [6, 6.07) is 22.2. The van der Waals surface area contributed by atoms with Crippen LogP contribution in [0.1, 0.15) is 49.7 Å². The summed E-state index contributed by atoms with van der Waals surface area (Å²) in [6.45, 7) is 0. The summed E-state index contributed by atoms with van der Waals surface area (Å²) in [4.78, 5) is 0. The molecule has 0 aliphatic heterocycles. The highest BCUT2D eigenvalue weighted by atomic mass is 14.4. The van der Waals surface area contributed by atoms with Crippen molar-refractivity contribution in [1.82, 2.24) is 0 Å². The first-order valence-electron chi connectivity index (χ1n) is 8.44. The van der Waals surface area contributed by atoms with Crippen LogP contribution >= 0.6 is 0 Å². The molecule has 0 spiro atoms. The summed E-state index contributed by atoms with van der Waals surface area (Å²) in [5.41, 5.74) is 3.49.